The van der Waals surface area contributed by atoms with E-state index in [2.05, 4.69) is 6.92 Å². The molecule has 0 bridgehead atoms. The van der Waals surface area contributed by atoms with E-state index in [4.69, 9.17) is 4.74 Å². The van der Waals surface area contributed by atoms with E-state index in [-0.39, 0.29) is 43.7 Å². The molecule has 10 heavy (non-hydrogen) atoms. The molecule has 2 nitrogen and oxygen atoms in total. The third kappa shape index (κ3) is 11.5. The second-order valence-electron chi connectivity index (χ2n) is 2.05. The number of unbranched alkanes of at least 4 members (excludes halogenated alkanes) is 2. The van der Waals surface area contributed by atoms with Crippen LogP contribution in [0.1, 0.15) is 33.1 Å². The van der Waals surface area contributed by atoms with Crippen molar-refractivity contribution in [2.75, 3.05) is 6.61 Å². The van der Waals surface area contributed by atoms with Crippen molar-refractivity contribution in [2.24, 2.45) is 0 Å². The van der Waals surface area contributed by atoms with Gasteiger partial charge in [0.25, 0.3) is 0 Å². The van der Waals surface area contributed by atoms with E-state index < -0.39 is 0 Å². The molecule has 3 heteroatoms. The van der Waals surface area contributed by atoms with Crippen LogP contribution in [-0.2, 0) is 9.53 Å². The van der Waals surface area contributed by atoms with Gasteiger partial charge in [0.1, 0.15) is 0 Å². The molecule has 0 rings (SSSR count). The molecule has 58 valence electrons. The number of esters is 1. The number of rotatable bonds is 4. The summed E-state index contributed by atoms with van der Waals surface area (Å²) in [7, 11) is 0. The normalized spacial score (nSPS) is 8.20. The van der Waals surface area contributed by atoms with E-state index in [1.165, 1.54) is 13.3 Å². The first kappa shape index (κ1) is 13.3. The summed E-state index contributed by atoms with van der Waals surface area (Å²) < 4.78 is 4.70. The molecule has 0 saturated heterocycles. The molecule has 0 aliphatic rings. The fraction of sp³-hybridized carbons (Fsp3) is 0.857. The van der Waals surface area contributed by atoms with E-state index in [0.29, 0.717) is 6.61 Å². The Labute approximate surface area is 92.3 Å². The van der Waals surface area contributed by atoms with Crippen LogP contribution >= 0.6 is 0 Å². The van der Waals surface area contributed by atoms with Crippen LogP contribution in [0.3, 0.4) is 0 Å². The van der Waals surface area contributed by atoms with Gasteiger partial charge in [0.2, 0.25) is 0 Å². The SMILES string of the molecule is CCCCCOC(C)=O.[CaH2]. The molecule has 0 aromatic rings. The van der Waals surface area contributed by atoms with Gasteiger partial charge in [-0.3, -0.25) is 4.79 Å². The molecule has 0 fully saturated rings. The Bertz CT molecular complexity index is 83.7. The van der Waals surface area contributed by atoms with Crippen LogP contribution in [0.25, 0.3) is 0 Å². The summed E-state index contributed by atoms with van der Waals surface area (Å²) in [6, 6.07) is 0. The molecular formula is C7H16CaO2. The molecule has 0 aromatic heterocycles. The van der Waals surface area contributed by atoms with Gasteiger partial charge in [0.05, 0.1) is 6.61 Å². The minimum atomic E-state index is -0.175. The Morgan fingerprint density at radius 2 is 2.00 bits per heavy atom. The zero-order valence-electron chi connectivity index (χ0n) is 6.14. The average molecular weight is 172 g/mol. The Hall–Kier alpha value is 0.730. The standard InChI is InChI=1S/C7H14O2.Ca.2H/c1-3-4-5-6-9-7(2)8;;;/h3-6H2,1-2H3;;;. The van der Waals surface area contributed by atoms with Gasteiger partial charge in [0, 0.05) is 6.92 Å². The predicted molar refractivity (Wildman–Crippen MR) is 44.7 cm³/mol. The van der Waals surface area contributed by atoms with Gasteiger partial charge in [-0.05, 0) is 6.42 Å². The predicted octanol–water partition coefficient (Wildman–Crippen LogP) is 0.823. The summed E-state index contributed by atoms with van der Waals surface area (Å²) in [4.78, 5) is 10.2. The van der Waals surface area contributed by atoms with E-state index in [0.717, 1.165) is 12.8 Å². The maximum atomic E-state index is 10.2. The van der Waals surface area contributed by atoms with Crippen molar-refractivity contribution in [1.29, 1.82) is 0 Å². The molecular weight excluding hydrogens is 156 g/mol. The number of carbonyl (C=O) groups excluding carboxylic acids is 1. The molecule has 0 unspecified atom stereocenters. The molecule has 0 atom stereocenters. The van der Waals surface area contributed by atoms with Crippen LogP contribution < -0.4 is 0 Å². The van der Waals surface area contributed by atoms with Crippen LogP contribution in [0, 0.1) is 0 Å². The summed E-state index contributed by atoms with van der Waals surface area (Å²) in [6.07, 6.45) is 3.31. The van der Waals surface area contributed by atoms with Gasteiger partial charge < -0.3 is 4.74 Å². The van der Waals surface area contributed by atoms with Crippen molar-refractivity contribution in [3.8, 4) is 0 Å². The number of carbonyl (C=O) groups is 1. The topological polar surface area (TPSA) is 26.3 Å². The quantitative estimate of drug-likeness (QED) is 0.356. The summed E-state index contributed by atoms with van der Waals surface area (Å²) in [6.45, 7) is 4.14. The van der Waals surface area contributed by atoms with Crippen LogP contribution in [0.4, 0.5) is 0 Å². The Balaban J connectivity index is 0. The molecule has 0 aromatic carbocycles. The van der Waals surface area contributed by atoms with E-state index in [9.17, 15) is 4.79 Å². The summed E-state index contributed by atoms with van der Waals surface area (Å²) >= 11 is 0. The summed E-state index contributed by atoms with van der Waals surface area (Å²) in [5, 5.41) is 0. The second kappa shape index (κ2) is 9.73. The molecule has 0 amide bonds. The van der Waals surface area contributed by atoms with Gasteiger partial charge >= 0.3 is 43.7 Å². The number of ether oxygens (including phenoxy) is 1. The van der Waals surface area contributed by atoms with Crippen molar-refractivity contribution >= 4 is 43.7 Å². The zero-order chi connectivity index (χ0) is 7.11. The molecule has 0 N–H and O–H groups in total. The van der Waals surface area contributed by atoms with E-state index in [1.54, 1.807) is 0 Å². The van der Waals surface area contributed by atoms with Crippen molar-refractivity contribution in [1.82, 2.24) is 0 Å². The van der Waals surface area contributed by atoms with Crippen molar-refractivity contribution in [2.45, 2.75) is 33.1 Å². The van der Waals surface area contributed by atoms with Gasteiger partial charge in [0.15, 0.2) is 0 Å². The molecule has 0 aliphatic carbocycles. The fourth-order valence-electron chi connectivity index (χ4n) is 0.568. The van der Waals surface area contributed by atoms with Crippen LogP contribution in [0.15, 0.2) is 0 Å². The first-order chi connectivity index (χ1) is 4.27. The van der Waals surface area contributed by atoms with Crippen molar-refractivity contribution in [3.05, 3.63) is 0 Å². The first-order valence-corrected chi connectivity index (χ1v) is 3.40. The van der Waals surface area contributed by atoms with Gasteiger partial charge in [-0.1, -0.05) is 19.8 Å². The van der Waals surface area contributed by atoms with E-state index >= 15 is 0 Å². The molecule has 0 radical (unpaired) electrons. The molecule has 0 spiro atoms. The van der Waals surface area contributed by atoms with Gasteiger partial charge in [-0.2, -0.15) is 0 Å². The Morgan fingerprint density at radius 1 is 1.40 bits per heavy atom. The van der Waals surface area contributed by atoms with Crippen molar-refractivity contribution in [3.63, 3.8) is 0 Å². The monoisotopic (exact) mass is 172 g/mol. The second-order valence-corrected chi connectivity index (χ2v) is 2.05. The van der Waals surface area contributed by atoms with Gasteiger partial charge in [-0.25, -0.2) is 0 Å². The molecule has 0 heterocycles. The number of hydrogen-bond acceptors (Lipinski definition) is 2. The fourth-order valence-corrected chi connectivity index (χ4v) is 0.568. The minimum absolute atomic E-state index is 0. The molecule has 0 aliphatic heterocycles. The van der Waals surface area contributed by atoms with Gasteiger partial charge in [-0.15, -0.1) is 0 Å². The van der Waals surface area contributed by atoms with E-state index in [1.807, 2.05) is 0 Å². The van der Waals surface area contributed by atoms with Crippen LogP contribution in [0.2, 0.25) is 0 Å². The zero-order valence-corrected chi connectivity index (χ0v) is 6.14. The summed E-state index contributed by atoms with van der Waals surface area (Å²) in [5.74, 6) is -0.175. The third-order valence-electron chi connectivity index (χ3n) is 1.05. The van der Waals surface area contributed by atoms with Crippen LogP contribution in [-0.4, -0.2) is 50.3 Å². The Kier molecular flexibility index (Phi) is 13.0. The van der Waals surface area contributed by atoms with Crippen molar-refractivity contribution < 1.29 is 9.53 Å². The van der Waals surface area contributed by atoms with Crippen LogP contribution in [0.5, 0.6) is 0 Å². The third-order valence-corrected chi connectivity index (χ3v) is 1.05. The maximum absolute atomic E-state index is 10.2. The number of hydrogen-bond donors (Lipinski definition) is 0. The first-order valence-electron chi connectivity index (χ1n) is 3.40. The summed E-state index contributed by atoms with van der Waals surface area (Å²) in [5.41, 5.74) is 0. The Morgan fingerprint density at radius 3 is 2.40 bits per heavy atom. The molecule has 0 saturated carbocycles. The average Bonchev–Trinajstić information content (AvgIpc) is 1.80.